The molecule has 0 spiro atoms. The lowest BCUT2D eigenvalue weighted by Gasteiger charge is -2.59. The number of amides is 2. The van der Waals surface area contributed by atoms with Crippen LogP contribution in [0.5, 0.6) is 0 Å². The summed E-state index contributed by atoms with van der Waals surface area (Å²) in [5, 5.41) is 12.2. The molecule has 2 aromatic carbocycles. The number of hydrogen-bond acceptors (Lipinski definition) is 3. The smallest absolute Gasteiger partial charge is 0.253 e. The molecule has 6 heteroatoms. The van der Waals surface area contributed by atoms with E-state index in [-0.39, 0.29) is 11.8 Å². The molecule has 0 radical (unpaired) electrons. The van der Waals surface area contributed by atoms with E-state index in [1.54, 1.807) is 48.3 Å². The zero-order valence-corrected chi connectivity index (χ0v) is 18.8. The fourth-order valence-corrected chi connectivity index (χ4v) is 6.66. The van der Waals surface area contributed by atoms with Gasteiger partial charge in [-0.1, -0.05) is 18.2 Å². The summed E-state index contributed by atoms with van der Waals surface area (Å²) in [5.74, 6) is 0.461. The van der Waals surface area contributed by atoms with Crippen LogP contribution in [0.2, 0.25) is 0 Å². The van der Waals surface area contributed by atoms with Crippen molar-refractivity contribution >= 4 is 11.8 Å². The zero-order valence-electron chi connectivity index (χ0n) is 18.8. The molecule has 1 N–H and O–H groups in total. The molecule has 2 unspecified atom stereocenters. The first kappa shape index (κ1) is 21.6. The van der Waals surface area contributed by atoms with E-state index in [1.807, 2.05) is 18.2 Å². The highest BCUT2D eigenvalue weighted by atomic mass is 19.1. The molecule has 0 aromatic heterocycles. The topological polar surface area (TPSA) is 73.2 Å². The van der Waals surface area contributed by atoms with E-state index in [2.05, 4.69) is 5.32 Å². The number of carbonyl (C=O) groups excluding carboxylic acids is 2. The fourth-order valence-electron chi connectivity index (χ4n) is 6.66. The van der Waals surface area contributed by atoms with Crippen molar-refractivity contribution in [1.29, 1.82) is 5.26 Å². The van der Waals surface area contributed by atoms with Gasteiger partial charge in [-0.3, -0.25) is 9.59 Å². The van der Waals surface area contributed by atoms with Gasteiger partial charge in [0.15, 0.2) is 0 Å². The predicted octanol–water partition coefficient (Wildman–Crippen LogP) is 4.62. The second-order valence-corrected chi connectivity index (χ2v) is 10.4. The third-order valence-electron chi connectivity index (χ3n) is 7.59. The fraction of sp³-hybridized carbons (Fsp3) is 0.444. The van der Waals surface area contributed by atoms with Crippen molar-refractivity contribution in [3.8, 4) is 6.07 Å². The van der Waals surface area contributed by atoms with Gasteiger partial charge in [-0.05, 0) is 79.8 Å². The summed E-state index contributed by atoms with van der Waals surface area (Å²) in [6.45, 7) is 0.384. The van der Waals surface area contributed by atoms with Crippen LogP contribution in [0.25, 0.3) is 0 Å². The molecule has 4 aliphatic carbocycles. The van der Waals surface area contributed by atoms with Gasteiger partial charge in [-0.15, -0.1) is 0 Å². The predicted molar refractivity (Wildman–Crippen MR) is 122 cm³/mol. The van der Waals surface area contributed by atoms with E-state index in [0.717, 1.165) is 24.8 Å². The van der Waals surface area contributed by atoms with Crippen LogP contribution in [0.1, 0.15) is 70.4 Å². The molecule has 0 aliphatic heterocycles. The molecular formula is C27H28FN3O2. The molecule has 4 fully saturated rings. The Balaban J connectivity index is 1.23. The average molecular weight is 446 g/mol. The molecule has 5 nitrogen and oxygen atoms in total. The normalized spacial score (nSPS) is 29.4. The van der Waals surface area contributed by atoms with Gasteiger partial charge in [0.1, 0.15) is 5.67 Å². The Bertz CT molecular complexity index is 1120. The summed E-state index contributed by atoms with van der Waals surface area (Å²) in [4.78, 5) is 27.3. The lowest BCUT2D eigenvalue weighted by atomic mass is 9.51. The van der Waals surface area contributed by atoms with Crippen molar-refractivity contribution in [1.82, 2.24) is 10.2 Å². The van der Waals surface area contributed by atoms with Gasteiger partial charge in [-0.2, -0.15) is 5.26 Å². The highest BCUT2D eigenvalue weighted by Gasteiger charge is 2.58. The van der Waals surface area contributed by atoms with E-state index >= 15 is 4.39 Å². The number of halogens is 1. The Labute approximate surface area is 193 Å². The number of rotatable bonds is 5. The van der Waals surface area contributed by atoms with E-state index in [9.17, 15) is 9.59 Å². The first-order chi connectivity index (χ1) is 15.8. The SMILES string of the molecule is CN(Cc1ccc(C(=O)NC23CC4CC(CC(F)(C4)C2)C3)cc1)C(=O)c1cccc(C#N)c1. The standard InChI is InChI=1S/C27H28FN3O2/c1-31(25(33)23-4-2-3-19(10-23)15-29)16-18-5-7-22(8-6-18)24(32)30-27-13-20-9-21(14-27)12-26(28,11-20)17-27/h2-8,10,20-21H,9,11-14,16-17H2,1H3,(H,30,32). The summed E-state index contributed by atoms with van der Waals surface area (Å²) in [7, 11) is 1.71. The summed E-state index contributed by atoms with van der Waals surface area (Å²) in [6, 6.07) is 15.9. The van der Waals surface area contributed by atoms with Gasteiger partial charge in [-0.25, -0.2) is 4.39 Å². The maximum atomic E-state index is 15.2. The first-order valence-corrected chi connectivity index (χ1v) is 11.6. The molecule has 170 valence electrons. The van der Waals surface area contributed by atoms with Crippen molar-refractivity contribution in [3.05, 3.63) is 70.8 Å². The Morgan fingerprint density at radius 2 is 1.79 bits per heavy atom. The number of carbonyl (C=O) groups is 2. The number of nitriles is 1. The van der Waals surface area contributed by atoms with Crippen molar-refractivity contribution < 1.29 is 14.0 Å². The lowest BCUT2D eigenvalue weighted by Crippen LogP contribution is -2.64. The van der Waals surface area contributed by atoms with Gasteiger partial charge in [0, 0.05) is 36.7 Å². The zero-order chi connectivity index (χ0) is 23.2. The molecule has 0 heterocycles. The van der Waals surface area contributed by atoms with Crippen LogP contribution in [0.4, 0.5) is 4.39 Å². The molecular weight excluding hydrogens is 417 g/mol. The van der Waals surface area contributed by atoms with Gasteiger partial charge < -0.3 is 10.2 Å². The minimum atomic E-state index is -1.11. The van der Waals surface area contributed by atoms with Crippen LogP contribution in [0.15, 0.2) is 48.5 Å². The van der Waals surface area contributed by atoms with Crippen LogP contribution >= 0.6 is 0 Å². The van der Waals surface area contributed by atoms with Crippen molar-refractivity contribution in [2.75, 3.05) is 7.05 Å². The third kappa shape index (κ3) is 4.25. The number of nitrogens with zero attached hydrogens (tertiary/aromatic N) is 2. The maximum absolute atomic E-state index is 15.2. The van der Waals surface area contributed by atoms with Gasteiger partial charge in [0.25, 0.3) is 11.8 Å². The number of benzene rings is 2. The van der Waals surface area contributed by atoms with Gasteiger partial charge in [0.05, 0.1) is 11.6 Å². The molecule has 2 amide bonds. The molecule has 4 aliphatic rings. The van der Waals surface area contributed by atoms with Crippen LogP contribution in [0, 0.1) is 23.2 Å². The highest BCUT2D eigenvalue weighted by Crippen LogP contribution is 2.59. The Morgan fingerprint density at radius 1 is 1.09 bits per heavy atom. The summed E-state index contributed by atoms with van der Waals surface area (Å²) in [6.07, 6.45) is 4.63. The summed E-state index contributed by atoms with van der Waals surface area (Å²) < 4.78 is 15.2. The summed E-state index contributed by atoms with van der Waals surface area (Å²) >= 11 is 0. The Morgan fingerprint density at radius 3 is 2.42 bits per heavy atom. The van der Waals surface area contributed by atoms with Crippen molar-refractivity contribution in [2.24, 2.45) is 11.8 Å². The monoisotopic (exact) mass is 445 g/mol. The molecule has 2 aromatic rings. The summed E-state index contributed by atoms with van der Waals surface area (Å²) in [5.41, 5.74) is 0.857. The average Bonchev–Trinajstić information content (AvgIpc) is 2.77. The number of hydrogen-bond donors (Lipinski definition) is 1. The second-order valence-electron chi connectivity index (χ2n) is 10.4. The number of nitrogens with one attached hydrogen (secondary N) is 1. The van der Waals surface area contributed by atoms with E-state index < -0.39 is 11.2 Å². The van der Waals surface area contributed by atoms with Crippen LogP contribution in [-0.2, 0) is 6.54 Å². The second kappa shape index (κ2) is 7.98. The molecule has 33 heavy (non-hydrogen) atoms. The van der Waals surface area contributed by atoms with Crippen LogP contribution in [-0.4, -0.2) is 35.0 Å². The van der Waals surface area contributed by atoms with E-state index in [1.165, 1.54) is 0 Å². The third-order valence-corrected chi connectivity index (χ3v) is 7.59. The van der Waals surface area contributed by atoms with Gasteiger partial charge in [0.2, 0.25) is 0 Å². The largest absolute Gasteiger partial charge is 0.346 e. The van der Waals surface area contributed by atoms with Crippen LogP contribution in [0.3, 0.4) is 0 Å². The molecule has 0 saturated heterocycles. The Hall–Kier alpha value is -3.20. The van der Waals surface area contributed by atoms with Crippen molar-refractivity contribution in [2.45, 2.75) is 56.3 Å². The quantitative estimate of drug-likeness (QED) is 0.730. The minimum absolute atomic E-state index is 0.148. The molecule has 4 saturated carbocycles. The lowest BCUT2D eigenvalue weighted by molar-refractivity contribution is -0.0937. The van der Waals surface area contributed by atoms with Crippen LogP contribution < -0.4 is 5.32 Å². The van der Waals surface area contributed by atoms with E-state index in [0.29, 0.717) is 54.3 Å². The molecule has 4 bridgehead atoms. The number of alkyl halides is 1. The highest BCUT2D eigenvalue weighted by molar-refractivity contribution is 5.95. The minimum Gasteiger partial charge on any atom is -0.346 e. The Kier molecular flexibility index (Phi) is 5.23. The maximum Gasteiger partial charge on any atom is 0.253 e. The molecule has 2 atom stereocenters. The van der Waals surface area contributed by atoms with E-state index in [4.69, 9.17) is 5.26 Å². The van der Waals surface area contributed by atoms with Crippen molar-refractivity contribution in [3.63, 3.8) is 0 Å². The van der Waals surface area contributed by atoms with Gasteiger partial charge >= 0.3 is 0 Å². The molecule has 6 rings (SSSR count). The first-order valence-electron chi connectivity index (χ1n) is 11.6.